The second-order valence-electron chi connectivity index (χ2n) is 6.70. The van der Waals surface area contributed by atoms with Gasteiger partial charge in [0.1, 0.15) is 0 Å². The second kappa shape index (κ2) is 8.28. The number of aromatic nitrogens is 2. The van der Waals surface area contributed by atoms with Gasteiger partial charge in [-0.15, -0.1) is 5.10 Å². The Morgan fingerprint density at radius 1 is 1.21 bits per heavy atom. The number of urea groups is 1. The van der Waals surface area contributed by atoms with Crippen LogP contribution in [0.25, 0.3) is 0 Å². The summed E-state index contributed by atoms with van der Waals surface area (Å²) < 4.78 is 5.30. The van der Waals surface area contributed by atoms with Crippen LogP contribution >= 0.6 is 0 Å². The summed E-state index contributed by atoms with van der Waals surface area (Å²) >= 11 is 0. The van der Waals surface area contributed by atoms with E-state index in [0.29, 0.717) is 5.92 Å². The van der Waals surface area contributed by atoms with Gasteiger partial charge >= 0.3 is 6.03 Å². The first-order valence-electron chi connectivity index (χ1n) is 8.88. The summed E-state index contributed by atoms with van der Waals surface area (Å²) in [5.74, 6) is 1.48. The van der Waals surface area contributed by atoms with E-state index in [2.05, 4.69) is 25.7 Å². The molecule has 1 aromatic rings. The van der Waals surface area contributed by atoms with E-state index in [0.717, 1.165) is 70.0 Å². The molecule has 0 aromatic carbocycles. The van der Waals surface area contributed by atoms with Crippen LogP contribution in [0, 0.1) is 12.8 Å². The van der Waals surface area contributed by atoms with E-state index in [1.165, 1.54) is 0 Å². The topological polar surface area (TPSA) is 79.4 Å². The van der Waals surface area contributed by atoms with Crippen LogP contribution in [-0.2, 0) is 4.74 Å². The molecule has 0 spiro atoms. The number of hydrogen-bond donors (Lipinski definition) is 2. The van der Waals surface area contributed by atoms with E-state index in [1.54, 1.807) is 0 Å². The molecule has 2 aliphatic rings. The quantitative estimate of drug-likeness (QED) is 0.872. The molecule has 2 amide bonds. The van der Waals surface area contributed by atoms with Gasteiger partial charge < -0.3 is 20.3 Å². The minimum atomic E-state index is -0.0475. The molecule has 24 heavy (non-hydrogen) atoms. The first kappa shape index (κ1) is 17.0. The maximum absolute atomic E-state index is 12.0. The van der Waals surface area contributed by atoms with Gasteiger partial charge in [0.2, 0.25) is 0 Å². The molecule has 0 unspecified atom stereocenters. The third-order valence-electron chi connectivity index (χ3n) is 4.83. The molecule has 0 saturated carbocycles. The lowest BCUT2D eigenvalue weighted by Crippen LogP contribution is -2.46. The smallest absolute Gasteiger partial charge is 0.315 e. The van der Waals surface area contributed by atoms with E-state index in [-0.39, 0.29) is 12.1 Å². The average Bonchev–Trinajstić information content (AvgIpc) is 2.62. The standard InChI is InChI=1S/C17H27N5O2/c1-13-2-3-16(21-20-13)22-8-4-14(5-9-22)12-18-17(23)19-15-6-10-24-11-7-15/h2-3,14-15H,4-12H2,1H3,(H2,18,19,23). The SMILES string of the molecule is Cc1ccc(N2CCC(CNC(=O)NC3CCOCC3)CC2)nn1. The largest absolute Gasteiger partial charge is 0.381 e. The van der Waals surface area contributed by atoms with E-state index < -0.39 is 0 Å². The van der Waals surface area contributed by atoms with Crippen LogP contribution in [0.5, 0.6) is 0 Å². The molecule has 3 rings (SSSR count). The normalized spacial score (nSPS) is 20.0. The van der Waals surface area contributed by atoms with Crippen molar-refractivity contribution in [2.45, 2.75) is 38.6 Å². The number of piperidine rings is 1. The minimum absolute atomic E-state index is 0.0475. The number of hydrogen-bond acceptors (Lipinski definition) is 5. The van der Waals surface area contributed by atoms with Gasteiger partial charge in [0.15, 0.2) is 5.82 Å². The molecule has 2 aliphatic heterocycles. The van der Waals surface area contributed by atoms with Gasteiger partial charge in [0.05, 0.1) is 5.69 Å². The summed E-state index contributed by atoms with van der Waals surface area (Å²) in [5.41, 5.74) is 0.938. The van der Waals surface area contributed by atoms with Crippen LogP contribution in [0.2, 0.25) is 0 Å². The van der Waals surface area contributed by atoms with Crippen LogP contribution in [-0.4, -0.2) is 55.1 Å². The zero-order chi connectivity index (χ0) is 16.8. The molecule has 7 nitrogen and oxygen atoms in total. The fourth-order valence-corrected chi connectivity index (χ4v) is 3.24. The average molecular weight is 333 g/mol. The summed E-state index contributed by atoms with van der Waals surface area (Å²) in [6, 6.07) is 4.23. The van der Waals surface area contributed by atoms with E-state index in [1.807, 2.05) is 19.1 Å². The number of carbonyl (C=O) groups is 1. The number of aryl methyl sites for hydroxylation is 1. The maximum atomic E-state index is 12.0. The summed E-state index contributed by atoms with van der Waals surface area (Å²) in [5, 5.41) is 14.4. The minimum Gasteiger partial charge on any atom is -0.381 e. The van der Waals surface area contributed by atoms with Gasteiger partial charge in [-0.05, 0) is 50.7 Å². The third-order valence-corrected chi connectivity index (χ3v) is 4.83. The van der Waals surface area contributed by atoms with Crippen molar-refractivity contribution in [2.24, 2.45) is 5.92 Å². The Kier molecular flexibility index (Phi) is 5.85. The summed E-state index contributed by atoms with van der Waals surface area (Å²) in [7, 11) is 0. The first-order chi connectivity index (χ1) is 11.7. The summed E-state index contributed by atoms with van der Waals surface area (Å²) in [4.78, 5) is 14.2. The van der Waals surface area contributed by atoms with Gasteiger partial charge in [-0.2, -0.15) is 5.10 Å². The monoisotopic (exact) mass is 333 g/mol. The lowest BCUT2D eigenvalue weighted by Gasteiger charge is -2.32. The number of ether oxygens (including phenoxy) is 1. The zero-order valence-electron chi connectivity index (χ0n) is 14.3. The highest BCUT2D eigenvalue weighted by molar-refractivity contribution is 5.74. The van der Waals surface area contributed by atoms with Gasteiger partial charge in [0, 0.05) is 38.9 Å². The van der Waals surface area contributed by atoms with Crippen LogP contribution < -0.4 is 15.5 Å². The van der Waals surface area contributed by atoms with Gasteiger partial charge in [0.25, 0.3) is 0 Å². The van der Waals surface area contributed by atoms with E-state index >= 15 is 0 Å². The molecule has 0 radical (unpaired) electrons. The second-order valence-corrected chi connectivity index (χ2v) is 6.70. The molecular weight excluding hydrogens is 306 g/mol. The lowest BCUT2D eigenvalue weighted by atomic mass is 9.97. The van der Waals surface area contributed by atoms with Crippen LogP contribution in [0.15, 0.2) is 12.1 Å². The molecule has 2 fully saturated rings. The third kappa shape index (κ3) is 4.80. The van der Waals surface area contributed by atoms with Crippen molar-refractivity contribution in [2.75, 3.05) is 37.7 Å². The Morgan fingerprint density at radius 3 is 2.62 bits per heavy atom. The Hall–Kier alpha value is -1.89. The fourth-order valence-electron chi connectivity index (χ4n) is 3.24. The highest BCUT2D eigenvalue weighted by atomic mass is 16.5. The van der Waals surface area contributed by atoms with Crippen molar-refractivity contribution < 1.29 is 9.53 Å². The Labute approximate surface area is 143 Å². The Balaban J connectivity index is 1.36. The number of anilines is 1. The van der Waals surface area contributed by atoms with Gasteiger partial charge in [-0.25, -0.2) is 4.79 Å². The Morgan fingerprint density at radius 2 is 1.96 bits per heavy atom. The molecule has 1 aromatic heterocycles. The summed E-state index contributed by atoms with van der Waals surface area (Å²) in [6.07, 6.45) is 3.94. The van der Waals surface area contributed by atoms with Gasteiger partial charge in [-0.1, -0.05) is 0 Å². The van der Waals surface area contributed by atoms with Crippen molar-refractivity contribution in [3.63, 3.8) is 0 Å². The van der Waals surface area contributed by atoms with Crippen molar-refractivity contribution in [1.82, 2.24) is 20.8 Å². The molecule has 3 heterocycles. The molecule has 0 aliphatic carbocycles. The number of carbonyl (C=O) groups excluding carboxylic acids is 1. The molecule has 0 bridgehead atoms. The molecule has 132 valence electrons. The van der Waals surface area contributed by atoms with Crippen molar-refractivity contribution >= 4 is 11.8 Å². The number of nitrogens with zero attached hydrogens (tertiary/aromatic N) is 3. The Bertz CT molecular complexity index is 522. The molecule has 7 heteroatoms. The molecule has 0 atom stereocenters. The van der Waals surface area contributed by atoms with Crippen LogP contribution in [0.1, 0.15) is 31.4 Å². The first-order valence-corrected chi connectivity index (χ1v) is 8.88. The number of amides is 2. The van der Waals surface area contributed by atoms with E-state index in [4.69, 9.17) is 4.74 Å². The maximum Gasteiger partial charge on any atom is 0.315 e. The van der Waals surface area contributed by atoms with E-state index in [9.17, 15) is 4.79 Å². The van der Waals surface area contributed by atoms with Crippen LogP contribution in [0.3, 0.4) is 0 Å². The fraction of sp³-hybridized carbons (Fsp3) is 0.706. The van der Waals surface area contributed by atoms with Crippen molar-refractivity contribution in [3.8, 4) is 0 Å². The van der Waals surface area contributed by atoms with Crippen LogP contribution in [0.4, 0.5) is 10.6 Å². The molecule has 2 saturated heterocycles. The number of rotatable bonds is 4. The summed E-state index contributed by atoms with van der Waals surface area (Å²) in [6.45, 7) is 6.09. The number of nitrogens with one attached hydrogen (secondary N) is 2. The lowest BCUT2D eigenvalue weighted by molar-refractivity contribution is 0.0800. The highest BCUT2D eigenvalue weighted by Gasteiger charge is 2.21. The van der Waals surface area contributed by atoms with Gasteiger partial charge in [-0.3, -0.25) is 0 Å². The van der Waals surface area contributed by atoms with Crippen molar-refractivity contribution in [3.05, 3.63) is 17.8 Å². The zero-order valence-corrected chi connectivity index (χ0v) is 14.3. The highest BCUT2D eigenvalue weighted by Crippen LogP contribution is 2.20. The molecular formula is C17H27N5O2. The molecule has 2 N–H and O–H groups in total. The predicted molar refractivity (Wildman–Crippen MR) is 92.1 cm³/mol. The van der Waals surface area contributed by atoms with Crippen molar-refractivity contribution in [1.29, 1.82) is 0 Å². The predicted octanol–water partition coefficient (Wildman–Crippen LogP) is 1.48.